The summed E-state index contributed by atoms with van der Waals surface area (Å²) < 4.78 is 10.4. The summed E-state index contributed by atoms with van der Waals surface area (Å²) in [4.78, 5) is 0. The second kappa shape index (κ2) is 3.86. The van der Waals surface area contributed by atoms with Crippen LogP contribution in [0, 0.1) is 0 Å². The fourth-order valence-electron chi connectivity index (χ4n) is 1.44. The van der Waals surface area contributed by atoms with Crippen molar-refractivity contribution in [3.05, 3.63) is 23.8 Å². The monoisotopic (exact) mass is 195 g/mol. The van der Waals surface area contributed by atoms with Crippen LogP contribution in [-0.4, -0.2) is 24.5 Å². The zero-order valence-corrected chi connectivity index (χ0v) is 7.77. The van der Waals surface area contributed by atoms with Gasteiger partial charge in [0.2, 0.25) is 6.79 Å². The predicted molar refractivity (Wildman–Crippen MR) is 51.3 cm³/mol. The van der Waals surface area contributed by atoms with Crippen molar-refractivity contribution in [1.82, 2.24) is 0 Å². The molecule has 0 saturated carbocycles. The van der Waals surface area contributed by atoms with Crippen LogP contribution in [0.4, 0.5) is 0 Å². The maximum Gasteiger partial charge on any atom is 0.231 e. The van der Waals surface area contributed by atoms with Crippen LogP contribution in [0.15, 0.2) is 18.2 Å². The van der Waals surface area contributed by atoms with E-state index in [0.29, 0.717) is 6.42 Å². The first-order valence-corrected chi connectivity index (χ1v) is 4.54. The molecule has 1 aromatic carbocycles. The Bertz CT molecular complexity index is 327. The van der Waals surface area contributed by atoms with E-state index < -0.39 is 0 Å². The lowest BCUT2D eigenvalue weighted by molar-refractivity contribution is 0.174. The summed E-state index contributed by atoms with van der Waals surface area (Å²) in [6.07, 6.45) is 0.646. The molecule has 1 heterocycles. The van der Waals surface area contributed by atoms with Gasteiger partial charge in [-0.3, -0.25) is 0 Å². The number of ether oxygens (including phenoxy) is 2. The number of nitrogens with two attached hydrogens (primary N) is 1. The first-order valence-electron chi connectivity index (χ1n) is 4.54. The molecule has 3 N–H and O–H groups in total. The van der Waals surface area contributed by atoms with Gasteiger partial charge in [-0.05, 0) is 24.1 Å². The van der Waals surface area contributed by atoms with Gasteiger partial charge in [-0.2, -0.15) is 0 Å². The first kappa shape index (κ1) is 9.30. The summed E-state index contributed by atoms with van der Waals surface area (Å²) in [5.74, 6) is 1.53. The Hall–Kier alpha value is -1.26. The van der Waals surface area contributed by atoms with Crippen LogP contribution in [0.25, 0.3) is 0 Å². The van der Waals surface area contributed by atoms with Gasteiger partial charge in [-0.25, -0.2) is 0 Å². The second-order valence-corrected chi connectivity index (χ2v) is 3.33. The van der Waals surface area contributed by atoms with Gasteiger partial charge >= 0.3 is 0 Å². The van der Waals surface area contributed by atoms with E-state index in [9.17, 15) is 0 Å². The highest BCUT2D eigenvalue weighted by molar-refractivity contribution is 5.44. The molecule has 1 aliphatic rings. The van der Waals surface area contributed by atoms with E-state index in [0.717, 1.165) is 17.1 Å². The molecule has 76 valence electrons. The summed E-state index contributed by atoms with van der Waals surface area (Å²) in [5, 5.41) is 8.81. The van der Waals surface area contributed by atoms with Gasteiger partial charge in [-0.15, -0.1) is 0 Å². The third-order valence-corrected chi connectivity index (χ3v) is 2.17. The minimum absolute atomic E-state index is 0.00551. The van der Waals surface area contributed by atoms with E-state index in [1.165, 1.54) is 0 Å². The molecule has 4 heteroatoms. The average Bonchev–Trinajstić information content (AvgIpc) is 2.64. The molecule has 0 spiro atoms. The Kier molecular flexibility index (Phi) is 2.56. The molecule has 2 rings (SSSR count). The standard InChI is InChI=1S/C10H13NO3/c11-8(5-12)3-7-1-2-9-10(4-7)14-6-13-9/h1-2,4,8,12H,3,5-6,11H2. The zero-order chi connectivity index (χ0) is 9.97. The number of aliphatic hydroxyl groups excluding tert-OH is 1. The molecule has 1 aliphatic heterocycles. The SMILES string of the molecule is NC(CO)Cc1ccc2c(c1)OCO2. The summed E-state index contributed by atoms with van der Waals surface area (Å²) in [5.41, 5.74) is 6.68. The molecule has 14 heavy (non-hydrogen) atoms. The summed E-state index contributed by atoms with van der Waals surface area (Å²) in [7, 11) is 0. The Labute approximate surface area is 82.2 Å². The number of benzene rings is 1. The van der Waals surface area contributed by atoms with Crippen LogP contribution < -0.4 is 15.2 Å². The minimum Gasteiger partial charge on any atom is -0.454 e. The van der Waals surface area contributed by atoms with Crippen LogP contribution in [0.5, 0.6) is 11.5 Å². The lowest BCUT2D eigenvalue weighted by Crippen LogP contribution is -2.26. The molecular weight excluding hydrogens is 182 g/mol. The maximum absolute atomic E-state index is 8.81. The lowest BCUT2D eigenvalue weighted by atomic mass is 10.1. The van der Waals surface area contributed by atoms with Crippen LogP contribution in [0.2, 0.25) is 0 Å². The zero-order valence-electron chi connectivity index (χ0n) is 7.77. The molecule has 1 atom stereocenters. The van der Waals surface area contributed by atoms with Crippen LogP contribution >= 0.6 is 0 Å². The Balaban J connectivity index is 2.12. The van der Waals surface area contributed by atoms with Crippen molar-refractivity contribution in [1.29, 1.82) is 0 Å². The normalized spacial score (nSPS) is 15.6. The minimum atomic E-state index is -0.213. The van der Waals surface area contributed by atoms with Crippen molar-refractivity contribution in [3.63, 3.8) is 0 Å². The molecule has 1 unspecified atom stereocenters. The first-order chi connectivity index (χ1) is 6.79. The van der Waals surface area contributed by atoms with Crippen molar-refractivity contribution < 1.29 is 14.6 Å². The van der Waals surface area contributed by atoms with Crippen molar-refractivity contribution in [2.45, 2.75) is 12.5 Å². The smallest absolute Gasteiger partial charge is 0.231 e. The van der Waals surface area contributed by atoms with E-state index in [-0.39, 0.29) is 19.4 Å². The van der Waals surface area contributed by atoms with Gasteiger partial charge in [-0.1, -0.05) is 6.07 Å². The molecule has 0 amide bonds. The van der Waals surface area contributed by atoms with Crippen molar-refractivity contribution in [2.24, 2.45) is 5.73 Å². The quantitative estimate of drug-likeness (QED) is 0.727. The summed E-state index contributed by atoms with van der Waals surface area (Å²) in [6, 6.07) is 5.48. The Morgan fingerprint density at radius 1 is 1.36 bits per heavy atom. The van der Waals surface area contributed by atoms with E-state index in [1.54, 1.807) is 0 Å². The van der Waals surface area contributed by atoms with Crippen LogP contribution in [0.1, 0.15) is 5.56 Å². The Morgan fingerprint density at radius 2 is 2.14 bits per heavy atom. The molecule has 0 aliphatic carbocycles. The van der Waals surface area contributed by atoms with Crippen molar-refractivity contribution >= 4 is 0 Å². The summed E-state index contributed by atoms with van der Waals surface area (Å²) in [6.45, 7) is 0.277. The van der Waals surface area contributed by atoms with Crippen molar-refractivity contribution in [2.75, 3.05) is 13.4 Å². The molecule has 0 radical (unpaired) electrons. The van der Waals surface area contributed by atoms with E-state index in [1.807, 2.05) is 18.2 Å². The molecule has 4 nitrogen and oxygen atoms in total. The van der Waals surface area contributed by atoms with E-state index in [4.69, 9.17) is 20.3 Å². The topological polar surface area (TPSA) is 64.7 Å². The lowest BCUT2D eigenvalue weighted by Gasteiger charge is -2.08. The van der Waals surface area contributed by atoms with Gasteiger partial charge in [0, 0.05) is 6.04 Å². The number of fused-ring (bicyclic) bond motifs is 1. The molecule has 0 aromatic heterocycles. The van der Waals surface area contributed by atoms with Crippen LogP contribution in [-0.2, 0) is 6.42 Å². The molecule has 0 fully saturated rings. The Morgan fingerprint density at radius 3 is 2.93 bits per heavy atom. The van der Waals surface area contributed by atoms with Gasteiger partial charge < -0.3 is 20.3 Å². The third-order valence-electron chi connectivity index (χ3n) is 2.17. The second-order valence-electron chi connectivity index (χ2n) is 3.33. The van der Waals surface area contributed by atoms with Gasteiger partial charge in [0.1, 0.15) is 0 Å². The number of rotatable bonds is 3. The van der Waals surface area contributed by atoms with Gasteiger partial charge in [0.05, 0.1) is 6.61 Å². The highest BCUT2D eigenvalue weighted by atomic mass is 16.7. The number of hydrogen-bond acceptors (Lipinski definition) is 4. The maximum atomic E-state index is 8.81. The average molecular weight is 195 g/mol. The fraction of sp³-hybridized carbons (Fsp3) is 0.400. The molecule has 0 bridgehead atoms. The highest BCUT2D eigenvalue weighted by Crippen LogP contribution is 2.32. The largest absolute Gasteiger partial charge is 0.454 e. The van der Waals surface area contributed by atoms with Crippen molar-refractivity contribution in [3.8, 4) is 11.5 Å². The third kappa shape index (κ3) is 1.81. The van der Waals surface area contributed by atoms with Crippen LogP contribution in [0.3, 0.4) is 0 Å². The number of hydrogen-bond donors (Lipinski definition) is 2. The highest BCUT2D eigenvalue weighted by Gasteiger charge is 2.13. The predicted octanol–water partition coefficient (Wildman–Crippen LogP) is 0.277. The molecule has 0 saturated heterocycles. The fourth-order valence-corrected chi connectivity index (χ4v) is 1.44. The van der Waals surface area contributed by atoms with Gasteiger partial charge in [0.25, 0.3) is 0 Å². The van der Waals surface area contributed by atoms with E-state index in [2.05, 4.69) is 0 Å². The molecular formula is C10H13NO3. The number of aliphatic hydroxyl groups is 1. The van der Waals surface area contributed by atoms with E-state index >= 15 is 0 Å². The summed E-state index contributed by atoms with van der Waals surface area (Å²) >= 11 is 0. The molecule has 1 aromatic rings. The van der Waals surface area contributed by atoms with Gasteiger partial charge in [0.15, 0.2) is 11.5 Å².